The normalized spacial score (nSPS) is 18.1. The van der Waals surface area contributed by atoms with E-state index in [0.29, 0.717) is 24.3 Å². The van der Waals surface area contributed by atoms with Gasteiger partial charge < -0.3 is 24.2 Å². The van der Waals surface area contributed by atoms with Crippen LogP contribution in [0, 0.1) is 12.7 Å². The van der Waals surface area contributed by atoms with Crippen molar-refractivity contribution in [3.63, 3.8) is 0 Å². The summed E-state index contributed by atoms with van der Waals surface area (Å²) in [5.74, 6) is -0.712. The van der Waals surface area contributed by atoms with Crippen LogP contribution in [0.2, 0.25) is 0 Å². The van der Waals surface area contributed by atoms with E-state index in [-0.39, 0.29) is 22.7 Å². The topological polar surface area (TPSA) is 75.0 Å². The highest BCUT2D eigenvalue weighted by Crippen LogP contribution is 2.39. The van der Waals surface area contributed by atoms with Crippen LogP contribution in [0.25, 0.3) is 10.9 Å². The first-order valence-corrected chi connectivity index (χ1v) is 9.09. The number of halogens is 1. The average molecular weight is 375 g/mol. The molecule has 7 nitrogen and oxygen atoms in total. The number of hydrogen-bond acceptors (Lipinski definition) is 5. The smallest absolute Gasteiger partial charge is 0.449 e. The molecule has 2 fully saturated rings. The van der Waals surface area contributed by atoms with E-state index in [1.807, 2.05) is 16.5 Å². The first kappa shape index (κ1) is 17.8. The largest absolute Gasteiger partial charge is 0.511 e. The third-order valence-electron chi connectivity index (χ3n) is 5.43. The van der Waals surface area contributed by atoms with Gasteiger partial charge in [-0.05, 0) is 32.9 Å². The highest BCUT2D eigenvalue weighted by Gasteiger charge is 2.29. The maximum atomic E-state index is 15.2. The van der Waals surface area contributed by atoms with Crippen molar-refractivity contribution in [3.8, 4) is 5.75 Å². The fraction of sp³-hybridized carbons (Fsp3) is 0.474. The standard InChI is InChI=1S/C19H22FN3O4/c1-11-16-13(9-14(17(11)20)22-7-5-21(2)6-8-22)23(12-3-4-12)10-15(18(16)24)27-19(25)26/h9-10,12H,3-8H2,1-2H3,(H,25,26). The summed E-state index contributed by atoms with van der Waals surface area (Å²) in [7, 11) is 2.04. The lowest BCUT2D eigenvalue weighted by Crippen LogP contribution is -2.44. The van der Waals surface area contributed by atoms with Crippen molar-refractivity contribution >= 4 is 22.7 Å². The quantitative estimate of drug-likeness (QED) is 0.832. The van der Waals surface area contributed by atoms with E-state index in [1.165, 1.54) is 6.20 Å². The highest BCUT2D eigenvalue weighted by molar-refractivity contribution is 5.88. The van der Waals surface area contributed by atoms with Gasteiger partial charge in [0.05, 0.1) is 22.8 Å². The molecule has 0 unspecified atom stereocenters. The van der Waals surface area contributed by atoms with Crippen molar-refractivity contribution in [2.75, 3.05) is 38.1 Å². The van der Waals surface area contributed by atoms with Crippen molar-refractivity contribution < 1.29 is 19.0 Å². The van der Waals surface area contributed by atoms with Gasteiger partial charge in [0.1, 0.15) is 5.82 Å². The summed E-state index contributed by atoms with van der Waals surface area (Å²) < 4.78 is 21.7. The third kappa shape index (κ3) is 3.14. The van der Waals surface area contributed by atoms with Crippen LogP contribution in [0.3, 0.4) is 0 Å². The number of aryl methyl sites for hydroxylation is 1. The molecule has 1 aliphatic heterocycles. The molecule has 2 aliphatic rings. The molecule has 0 radical (unpaired) electrons. The van der Waals surface area contributed by atoms with Gasteiger partial charge in [-0.15, -0.1) is 0 Å². The Morgan fingerprint density at radius 2 is 1.93 bits per heavy atom. The van der Waals surface area contributed by atoms with Crippen LogP contribution in [-0.4, -0.2) is 54.0 Å². The molecule has 1 saturated heterocycles. The zero-order valence-electron chi connectivity index (χ0n) is 15.4. The predicted octanol–water partition coefficient (Wildman–Crippen LogP) is 2.59. The van der Waals surface area contributed by atoms with Crippen molar-refractivity contribution in [3.05, 3.63) is 33.9 Å². The lowest BCUT2D eigenvalue weighted by molar-refractivity contribution is 0.143. The molecule has 27 heavy (non-hydrogen) atoms. The number of benzene rings is 1. The molecule has 1 aliphatic carbocycles. The maximum absolute atomic E-state index is 15.2. The first-order chi connectivity index (χ1) is 12.9. The predicted molar refractivity (Wildman–Crippen MR) is 99.5 cm³/mol. The van der Waals surface area contributed by atoms with Crippen LogP contribution in [0.4, 0.5) is 14.9 Å². The Labute approximate surface area is 155 Å². The molecule has 2 aromatic rings. The maximum Gasteiger partial charge on any atom is 0.511 e. The number of fused-ring (bicyclic) bond motifs is 1. The van der Waals surface area contributed by atoms with Crippen LogP contribution in [-0.2, 0) is 0 Å². The van der Waals surface area contributed by atoms with Crippen LogP contribution >= 0.6 is 0 Å². The fourth-order valence-electron chi connectivity index (χ4n) is 3.73. The molecular weight excluding hydrogens is 353 g/mol. The minimum absolute atomic E-state index is 0.175. The van der Waals surface area contributed by atoms with E-state index in [2.05, 4.69) is 9.64 Å². The second-order valence-corrected chi connectivity index (χ2v) is 7.35. The summed E-state index contributed by atoms with van der Waals surface area (Å²) in [6.45, 7) is 4.69. The molecule has 1 aromatic heterocycles. The first-order valence-electron chi connectivity index (χ1n) is 9.09. The monoisotopic (exact) mass is 375 g/mol. The zero-order valence-corrected chi connectivity index (χ0v) is 15.4. The average Bonchev–Trinajstić information content (AvgIpc) is 3.45. The Kier molecular flexibility index (Phi) is 4.30. The molecular formula is C19H22FN3O4. The summed E-state index contributed by atoms with van der Waals surface area (Å²) in [6, 6.07) is 1.90. The molecule has 144 valence electrons. The lowest BCUT2D eigenvalue weighted by atomic mass is 10.0. The summed E-state index contributed by atoms with van der Waals surface area (Å²) in [4.78, 5) is 27.9. The number of carboxylic acid groups (broad SMARTS) is 1. The van der Waals surface area contributed by atoms with E-state index in [0.717, 1.165) is 25.9 Å². The minimum Gasteiger partial charge on any atom is -0.449 e. The van der Waals surface area contributed by atoms with Gasteiger partial charge in [0.25, 0.3) is 0 Å². The second-order valence-electron chi connectivity index (χ2n) is 7.35. The van der Waals surface area contributed by atoms with Gasteiger partial charge >= 0.3 is 6.16 Å². The number of aromatic nitrogens is 1. The molecule has 0 atom stereocenters. The Balaban J connectivity index is 1.92. The molecule has 0 spiro atoms. The van der Waals surface area contributed by atoms with Gasteiger partial charge in [-0.25, -0.2) is 9.18 Å². The molecule has 0 amide bonds. The van der Waals surface area contributed by atoms with E-state index in [9.17, 15) is 9.59 Å². The fourth-order valence-corrected chi connectivity index (χ4v) is 3.73. The number of hydrogen-bond donors (Lipinski definition) is 1. The Hall–Kier alpha value is -2.61. The van der Waals surface area contributed by atoms with Gasteiger partial charge in [0, 0.05) is 37.8 Å². The van der Waals surface area contributed by atoms with Crippen molar-refractivity contribution in [1.29, 1.82) is 0 Å². The summed E-state index contributed by atoms with van der Waals surface area (Å²) in [5, 5.41) is 9.10. The number of rotatable bonds is 3. The lowest BCUT2D eigenvalue weighted by Gasteiger charge is -2.34. The molecule has 1 saturated carbocycles. The van der Waals surface area contributed by atoms with Crippen LogP contribution < -0.4 is 15.1 Å². The van der Waals surface area contributed by atoms with E-state index in [4.69, 9.17) is 5.11 Å². The Bertz CT molecular complexity index is 975. The Morgan fingerprint density at radius 1 is 1.26 bits per heavy atom. The van der Waals surface area contributed by atoms with Gasteiger partial charge in [-0.3, -0.25) is 4.79 Å². The zero-order chi connectivity index (χ0) is 19.3. The number of pyridine rings is 1. The Morgan fingerprint density at radius 3 is 2.52 bits per heavy atom. The number of carbonyl (C=O) groups is 1. The highest BCUT2D eigenvalue weighted by atomic mass is 19.1. The van der Waals surface area contributed by atoms with Crippen molar-refractivity contribution in [2.45, 2.75) is 25.8 Å². The summed E-state index contributed by atoms with van der Waals surface area (Å²) >= 11 is 0. The summed E-state index contributed by atoms with van der Waals surface area (Å²) in [6.07, 6.45) is 1.76. The van der Waals surface area contributed by atoms with Crippen LogP contribution in [0.15, 0.2) is 17.1 Å². The summed E-state index contributed by atoms with van der Waals surface area (Å²) in [5.41, 5.74) is 0.768. The molecule has 0 bridgehead atoms. The molecule has 1 N–H and O–H groups in total. The second kappa shape index (κ2) is 6.53. The number of ether oxygens (including phenoxy) is 1. The van der Waals surface area contributed by atoms with Gasteiger partial charge in [0.2, 0.25) is 5.43 Å². The van der Waals surface area contributed by atoms with Crippen LogP contribution in [0.1, 0.15) is 24.4 Å². The van der Waals surface area contributed by atoms with E-state index < -0.39 is 17.4 Å². The van der Waals surface area contributed by atoms with Crippen molar-refractivity contribution in [2.24, 2.45) is 0 Å². The van der Waals surface area contributed by atoms with Gasteiger partial charge in [0.15, 0.2) is 5.75 Å². The van der Waals surface area contributed by atoms with Crippen molar-refractivity contribution in [1.82, 2.24) is 9.47 Å². The SMILES string of the molecule is Cc1c(F)c(N2CCN(C)CC2)cc2c1c(=O)c(OC(=O)O)cn2C1CC1. The van der Waals surface area contributed by atoms with E-state index >= 15 is 4.39 Å². The van der Waals surface area contributed by atoms with Gasteiger partial charge in [-0.2, -0.15) is 0 Å². The third-order valence-corrected chi connectivity index (χ3v) is 5.43. The van der Waals surface area contributed by atoms with Gasteiger partial charge in [-0.1, -0.05) is 0 Å². The number of piperazine rings is 1. The number of anilines is 1. The molecule has 1 aromatic carbocycles. The molecule has 8 heteroatoms. The van der Waals surface area contributed by atoms with E-state index in [1.54, 1.807) is 13.0 Å². The number of nitrogens with zero attached hydrogens (tertiary/aromatic N) is 3. The van der Waals surface area contributed by atoms with Crippen LogP contribution in [0.5, 0.6) is 5.75 Å². The molecule has 2 heterocycles. The minimum atomic E-state index is -1.55. The molecule has 4 rings (SSSR count). The number of likely N-dealkylation sites (N-methyl/N-ethyl adjacent to an activating group) is 1.